The number of nitroso groups, excluding NO2 is 1. The molecule has 0 aromatic carbocycles. The lowest BCUT2D eigenvalue weighted by Gasteiger charge is -2.41. The van der Waals surface area contributed by atoms with Crippen molar-refractivity contribution < 1.29 is 13.9 Å². The lowest BCUT2D eigenvalue weighted by atomic mass is 9.93. The Morgan fingerprint density at radius 1 is 1.40 bits per heavy atom. The first-order valence-corrected chi connectivity index (χ1v) is 8.17. The average Bonchev–Trinajstić information content (AvgIpc) is 2.49. The van der Waals surface area contributed by atoms with Gasteiger partial charge < -0.3 is 15.0 Å². The molecule has 0 radical (unpaired) electrons. The Labute approximate surface area is 148 Å². The van der Waals surface area contributed by atoms with Gasteiger partial charge in [-0.15, -0.1) is 4.91 Å². The minimum Gasteiger partial charge on any atom is -0.444 e. The van der Waals surface area contributed by atoms with Gasteiger partial charge in [0.25, 0.3) is 0 Å². The van der Waals surface area contributed by atoms with Crippen LogP contribution in [0.5, 0.6) is 0 Å². The van der Waals surface area contributed by atoms with Crippen molar-refractivity contribution in [1.29, 1.82) is 0 Å². The van der Waals surface area contributed by atoms with E-state index in [1.54, 1.807) is 45.6 Å². The molecule has 1 saturated heterocycles. The molecule has 1 amide bonds. The van der Waals surface area contributed by atoms with Crippen LogP contribution in [-0.2, 0) is 4.74 Å². The Bertz CT molecular complexity index is 569. The third-order valence-electron chi connectivity index (χ3n) is 3.74. The second kappa shape index (κ2) is 8.73. The number of likely N-dealkylation sites (tertiary alicyclic amines) is 1. The quantitative estimate of drug-likeness (QED) is 0.466. The smallest absolute Gasteiger partial charge is 0.408 e. The molecule has 1 aliphatic rings. The third kappa shape index (κ3) is 5.95. The number of carbonyl (C=O) groups excluding carboxylic acids is 1. The van der Waals surface area contributed by atoms with Gasteiger partial charge in [-0.25, -0.2) is 9.18 Å². The summed E-state index contributed by atoms with van der Waals surface area (Å²) in [6.45, 7) is 12.6. The standard InChI is InChI=1S/C17H27FN4O3/c1-7-14(12(21-24)8-19-6)22-9-11(2)15(18)13(10-22)20-16(23)25-17(3,4)5/h7-8,11,13,15H,6,9-10H2,1-5H3,(H,20,23)/b12-8+,14-7+/t11-,13+,15+/m0/s1. The van der Waals surface area contributed by atoms with Crippen molar-refractivity contribution in [1.82, 2.24) is 10.2 Å². The summed E-state index contributed by atoms with van der Waals surface area (Å²) in [6, 6.07) is -0.766. The summed E-state index contributed by atoms with van der Waals surface area (Å²) in [5.74, 6) is -0.353. The highest BCUT2D eigenvalue weighted by atomic mass is 19.1. The van der Waals surface area contributed by atoms with Crippen LogP contribution in [0.4, 0.5) is 9.18 Å². The predicted molar refractivity (Wildman–Crippen MR) is 96.0 cm³/mol. The molecular weight excluding hydrogens is 327 g/mol. The minimum absolute atomic E-state index is 0.109. The number of hydrogen-bond donors (Lipinski definition) is 1. The monoisotopic (exact) mass is 354 g/mol. The van der Waals surface area contributed by atoms with E-state index in [1.807, 2.05) is 0 Å². The van der Waals surface area contributed by atoms with Crippen LogP contribution in [0.2, 0.25) is 0 Å². The molecule has 1 N–H and O–H groups in total. The molecule has 0 bridgehead atoms. The van der Waals surface area contributed by atoms with Crippen LogP contribution in [0.3, 0.4) is 0 Å². The van der Waals surface area contributed by atoms with Crippen LogP contribution in [0.25, 0.3) is 0 Å². The Morgan fingerprint density at radius 3 is 2.52 bits per heavy atom. The summed E-state index contributed by atoms with van der Waals surface area (Å²) in [4.78, 5) is 28.4. The number of aliphatic imine (C=N–C) groups is 1. The molecule has 1 aliphatic heterocycles. The highest BCUT2D eigenvalue weighted by molar-refractivity contribution is 5.68. The zero-order valence-corrected chi connectivity index (χ0v) is 15.5. The van der Waals surface area contributed by atoms with Crippen molar-refractivity contribution in [3.8, 4) is 0 Å². The van der Waals surface area contributed by atoms with Crippen molar-refractivity contribution in [2.24, 2.45) is 16.1 Å². The fourth-order valence-electron chi connectivity index (χ4n) is 2.75. The van der Waals surface area contributed by atoms with E-state index in [0.717, 1.165) is 0 Å². The van der Waals surface area contributed by atoms with E-state index in [-0.39, 0.29) is 18.2 Å². The lowest BCUT2D eigenvalue weighted by molar-refractivity contribution is 0.0343. The number of amides is 1. The van der Waals surface area contributed by atoms with Crippen molar-refractivity contribution in [3.63, 3.8) is 0 Å². The fourth-order valence-corrected chi connectivity index (χ4v) is 2.75. The van der Waals surface area contributed by atoms with E-state index < -0.39 is 23.9 Å². The maximum Gasteiger partial charge on any atom is 0.408 e. The predicted octanol–water partition coefficient (Wildman–Crippen LogP) is 3.38. The summed E-state index contributed by atoms with van der Waals surface area (Å²) >= 11 is 0. The Balaban J connectivity index is 2.95. The van der Waals surface area contributed by atoms with E-state index in [0.29, 0.717) is 12.2 Å². The number of carbonyl (C=O) groups is 1. The molecule has 0 unspecified atom stereocenters. The van der Waals surface area contributed by atoms with Gasteiger partial charge in [-0.3, -0.25) is 4.99 Å². The first-order valence-electron chi connectivity index (χ1n) is 8.17. The first kappa shape index (κ1) is 20.8. The molecule has 0 spiro atoms. The molecule has 0 aliphatic carbocycles. The maximum absolute atomic E-state index is 14.6. The molecule has 7 nitrogen and oxygen atoms in total. The van der Waals surface area contributed by atoms with Gasteiger partial charge in [0, 0.05) is 19.0 Å². The summed E-state index contributed by atoms with van der Waals surface area (Å²) in [5, 5.41) is 5.55. The summed E-state index contributed by atoms with van der Waals surface area (Å²) in [6.07, 6.45) is 1.06. The number of rotatable bonds is 5. The van der Waals surface area contributed by atoms with Crippen LogP contribution in [0.15, 0.2) is 33.8 Å². The van der Waals surface area contributed by atoms with Gasteiger partial charge in [0.15, 0.2) is 0 Å². The lowest BCUT2D eigenvalue weighted by Crippen LogP contribution is -2.57. The van der Waals surface area contributed by atoms with Crippen molar-refractivity contribution >= 4 is 12.8 Å². The molecule has 8 heteroatoms. The third-order valence-corrected chi connectivity index (χ3v) is 3.74. The van der Waals surface area contributed by atoms with E-state index in [4.69, 9.17) is 4.74 Å². The number of piperidine rings is 1. The Morgan fingerprint density at radius 2 is 2.04 bits per heavy atom. The van der Waals surface area contributed by atoms with Gasteiger partial charge in [0.1, 0.15) is 17.5 Å². The molecule has 140 valence electrons. The van der Waals surface area contributed by atoms with Gasteiger partial charge in [-0.05, 0) is 39.6 Å². The zero-order chi connectivity index (χ0) is 19.2. The fraction of sp³-hybridized carbons (Fsp3) is 0.647. The van der Waals surface area contributed by atoms with Gasteiger partial charge in [-0.1, -0.05) is 13.0 Å². The van der Waals surface area contributed by atoms with Crippen LogP contribution in [0.1, 0.15) is 34.6 Å². The number of allylic oxidation sites excluding steroid dienone is 1. The SMILES string of the molecule is C=N/C=C(N=O)\C(=C/C)N1C[C@H](C)[C@@H](F)[C@H](NC(=O)OC(C)(C)C)C1. The summed E-state index contributed by atoms with van der Waals surface area (Å²) < 4.78 is 19.8. The van der Waals surface area contributed by atoms with Crippen LogP contribution < -0.4 is 5.32 Å². The van der Waals surface area contributed by atoms with Gasteiger partial charge in [0.05, 0.1) is 17.9 Å². The highest BCUT2D eigenvalue weighted by Crippen LogP contribution is 2.27. The highest BCUT2D eigenvalue weighted by Gasteiger charge is 2.37. The van der Waals surface area contributed by atoms with Crippen LogP contribution in [-0.4, -0.2) is 48.6 Å². The number of hydrogen-bond acceptors (Lipinski definition) is 6. The zero-order valence-electron chi connectivity index (χ0n) is 15.5. The molecule has 0 aromatic rings. The van der Waals surface area contributed by atoms with E-state index >= 15 is 0 Å². The maximum atomic E-state index is 14.6. The molecule has 1 rings (SSSR count). The van der Waals surface area contributed by atoms with Gasteiger partial charge in [-0.2, -0.15) is 0 Å². The second-order valence-electron chi connectivity index (χ2n) is 7.04. The van der Waals surface area contributed by atoms with Gasteiger partial charge in [0.2, 0.25) is 0 Å². The molecule has 3 atom stereocenters. The summed E-state index contributed by atoms with van der Waals surface area (Å²) in [5.41, 5.74) is -0.0349. The van der Waals surface area contributed by atoms with Crippen molar-refractivity contribution in [2.75, 3.05) is 13.1 Å². The number of nitrogens with zero attached hydrogens (tertiary/aromatic N) is 3. The molecule has 1 heterocycles. The minimum atomic E-state index is -1.23. The Hall–Kier alpha value is -2.25. The first-order chi connectivity index (χ1) is 11.6. The van der Waals surface area contributed by atoms with E-state index in [1.165, 1.54) is 6.20 Å². The molecular formula is C17H27FN4O3. The number of nitrogens with one attached hydrogen (secondary N) is 1. The normalized spacial score (nSPS) is 25.4. The Kier molecular flexibility index (Phi) is 7.26. The molecule has 0 aromatic heterocycles. The van der Waals surface area contributed by atoms with Crippen molar-refractivity contribution in [3.05, 3.63) is 28.6 Å². The van der Waals surface area contributed by atoms with E-state index in [2.05, 4.69) is 22.2 Å². The number of halogens is 1. The van der Waals surface area contributed by atoms with Gasteiger partial charge >= 0.3 is 6.09 Å². The molecule has 0 saturated carbocycles. The molecule has 1 fully saturated rings. The molecule has 25 heavy (non-hydrogen) atoms. The van der Waals surface area contributed by atoms with Crippen LogP contribution in [0, 0.1) is 10.8 Å². The number of alkyl carbamates (subject to hydrolysis) is 1. The average molecular weight is 354 g/mol. The largest absolute Gasteiger partial charge is 0.444 e. The topological polar surface area (TPSA) is 83.4 Å². The van der Waals surface area contributed by atoms with E-state index in [9.17, 15) is 14.1 Å². The summed E-state index contributed by atoms with van der Waals surface area (Å²) in [7, 11) is 0. The van der Waals surface area contributed by atoms with Crippen LogP contribution >= 0.6 is 0 Å². The number of alkyl halides is 1. The van der Waals surface area contributed by atoms with Crippen molar-refractivity contribution in [2.45, 2.75) is 52.4 Å². The number of ether oxygens (including phenoxy) is 1. The second-order valence-corrected chi connectivity index (χ2v) is 7.04.